The molecule has 1 aromatic carbocycles. The van der Waals surface area contributed by atoms with Crippen molar-refractivity contribution in [2.75, 3.05) is 20.2 Å². The van der Waals surface area contributed by atoms with Crippen molar-refractivity contribution < 1.29 is 4.74 Å². The first-order valence-electron chi connectivity index (χ1n) is 7.69. The van der Waals surface area contributed by atoms with E-state index in [0.717, 1.165) is 37.1 Å². The van der Waals surface area contributed by atoms with E-state index in [4.69, 9.17) is 4.74 Å². The fourth-order valence-electron chi connectivity index (χ4n) is 3.96. The quantitative estimate of drug-likeness (QED) is 0.846. The lowest BCUT2D eigenvalue weighted by Crippen LogP contribution is -2.35. The van der Waals surface area contributed by atoms with Crippen molar-refractivity contribution in [3.05, 3.63) is 28.2 Å². The monoisotopic (exact) mass is 337 g/mol. The van der Waals surface area contributed by atoms with Crippen LogP contribution < -0.4 is 10.1 Å². The summed E-state index contributed by atoms with van der Waals surface area (Å²) >= 11 is 3.71. The Morgan fingerprint density at radius 3 is 2.75 bits per heavy atom. The van der Waals surface area contributed by atoms with E-state index in [2.05, 4.69) is 40.3 Å². The van der Waals surface area contributed by atoms with Crippen molar-refractivity contribution in [1.82, 2.24) is 5.32 Å². The van der Waals surface area contributed by atoms with Gasteiger partial charge in [0, 0.05) is 11.0 Å². The van der Waals surface area contributed by atoms with E-state index in [-0.39, 0.29) is 0 Å². The van der Waals surface area contributed by atoms with Crippen LogP contribution in [0.4, 0.5) is 0 Å². The average Bonchev–Trinajstić information content (AvgIpc) is 3.07. The number of fused-ring (bicyclic) bond motifs is 1. The highest BCUT2D eigenvalue weighted by Crippen LogP contribution is 2.60. The molecular formula is C17H24BrNO. The highest BCUT2D eigenvalue weighted by atomic mass is 79.9. The maximum Gasteiger partial charge on any atom is 0.119 e. The zero-order valence-electron chi connectivity index (χ0n) is 12.4. The zero-order valence-corrected chi connectivity index (χ0v) is 14.0. The fourth-order valence-corrected chi connectivity index (χ4v) is 4.35. The van der Waals surface area contributed by atoms with E-state index in [1.807, 2.05) is 6.07 Å². The van der Waals surface area contributed by atoms with Crippen LogP contribution in [0.15, 0.2) is 22.7 Å². The molecule has 0 radical (unpaired) electrons. The van der Waals surface area contributed by atoms with Crippen LogP contribution in [0.5, 0.6) is 5.75 Å². The van der Waals surface area contributed by atoms with Crippen LogP contribution >= 0.6 is 15.9 Å². The molecule has 0 bridgehead atoms. The van der Waals surface area contributed by atoms with Crippen LogP contribution in [0, 0.1) is 17.3 Å². The average molecular weight is 338 g/mol. The Morgan fingerprint density at radius 2 is 2.10 bits per heavy atom. The number of hydrogen-bond acceptors (Lipinski definition) is 2. The molecule has 2 saturated carbocycles. The number of ether oxygens (including phenoxy) is 1. The molecule has 2 atom stereocenters. The molecule has 20 heavy (non-hydrogen) atoms. The molecule has 110 valence electrons. The summed E-state index contributed by atoms with van der Waals surface area (Å²) in [6.45, 7) is 4.42. The van der Waals surface area contributed by atoms with Crippen LogP contribution in [0.3, 0.4) is 0 Å². The highest BCUT2D eigenvalue weighted by Gasteiger charge is 2.53. The van der Waals surface area contributed by atoms with Gasteiger partial charge in [-0.1, -0.05) is 22.9 Å². The minimum absolute atomic E-state index is 0.457. The molecule has 1 aromatic rings. The van der Waals surface area contributed by atoms with Gasteiger partial charge in [0.05, 0.1) is 7.11 Å². The smallest absolute Gasteiger partial charge is 0.119 e. The molecule has 0 aliphatic heterocycles. The van der Waals surface area contributed by atoms with Gasteiger partial charge in [0.1, 0.15) is 5.75 Å². The number of rotatable bonds is 6. The number of methoxy groups -OCH3 is 1. The summed E-state index contributed by atoms with van der Waals surface area (Å²) in [5.74, 6) is 2.99. The van der Waals surface area contributed by atoms with E-state index in [1.54, 1.807) is 7.11 Å². The fraction of sp³-hybridized carbons (Fsp3) is 0.647. The lowest BCUT2D eigenvalue weighted by atomic mass is 9.77. The molecule has 2 nitrogen and oxygen atoms in total. The molecule has 2 unspecified atom stereocenters. The number of nitrogens with one attached hydrogen (secondary N) is 1. The lowest BCUT2D eigenvalue weighted by molar-refractivity contribution is 0.250. The van der Waals surface area contributed by atoms with E-state index < -0.39 is 0 Å². The van der Waals surface area contributed by atoms with Gasteiger partial charge in [-0.3, -0.25) is 0 Å². The molecule has 0 heterocycles. The first-order chi connectivity index (χ1) is 9.65. The Balaban J connectivity index is 1.79. The minimum atomic E-state index is 0.457. The predicted molar refractivity (Wildman–Crippen MR) is 86.2 cm³/mol. The zero-order chi connectivity index (χ0) is 14.2. The van der Waals surface area contributed by atoms with Crippen LogP contribution in [-0.4, -0.2) is 20.2 Å². The van der Waals surface area contributed by atoms with Gasteiger partial charge in [0.25, 0.3) is 0 Å². The van der Waals surface area contributed by atoms with Gasteiger partial charge < -0.3 is 10.1 Å². The van der Waals surface area contributed by atoms with E-state index in [1.165, 1.54) is 29.3 Å². The summed E-state index contributed by atoms with van der Waals surface area (Å²) in [6, 6.07) is 6.34. The maximum absolute atomic E-state index is 5.38. The van der Waals surface area contributed by atoms with Crippen molar-refractivity contribution >= 4 is 15.9 Å². The van der Waals surface area contributed by atoms with Gasteiger partial charge in [0.15, 0.2) is 0 Å². The summed E-state index contributed by atoms with van der Waals surface area (Å²) in [6.07, 6.45) is 5.43. The number of halogens is 1. The second-order valence-electron chi connectivity index (χ2n) is 6.58. The summed E-state index contributed by atoms with van der Waals surface area (Å²) in [5.41, 5.74) is 1.85. The molecule has 2 aliphatic carbocycles. The van der Waals surface area contributed by atoms with Crippen molar-refractivity contribution in [3.8, 4) is 5.75 Å². The Labute approximate surface area is 130 Å². The molecule has 2 aliphatic rings. The highest BCUT2D eigenvalue weighted by molar-refractivity contribution is 9.10. The summed E-state index contributed by atoms with van der Waals surface area (Å²) < 4.78 is 6.60. The van der Waals surface area contributed by atoms with Gasteiger partial charge in [-0.25, -0.2) is 0 Å². The summed E-state index contributed by atoms with van der Waals surface area (Å²) in [7, 11) is 1.74. The third-order valence-electron chi connectivity index (χ3n) is 5.03. The molecule has 3 rings (SSSR count). The van der Waals surface area contributed by atoms with Crippen LogP contribution in [0.2, 0.25) is 0 Å². The molecule has 3 heteroatoms. The van der Waals surface area contributed by atoms with Gasteiger partial charge in [0.2, 0.25) is 0 Å². The Kier molecular flexibility index (Phi) is 4.09. The van der Waals surface area contributed by atoms with Gasteiger partial charge in [-0.15, -0.1) is 0 Å². The van der Waals surface area contributed by atoms with E-state index in [0.29, 0.717) is 5.41 Å². The molecule has 0 saturated heterocycles. The standard InChI is InChI=1S/C17H24BrNO/c1-3-19-11-17(8-12-6-13(12)9-17)10-14-7-15(20-2)4-5-16(14)18/h4-5,7,12-13,19H,3,6,8-11H2,1-2H3. The molecule has 1 N–H and O–H groups in total. The largest absolute Gasteiger partial charge is 0.497 e. The molecule has 0 aromatic heterocycles. The molecule has 0 spiro atoms. The third-order valence-corrected chi connectivity index (χ3v) is 5.80. The van der Waals surface area contributed by atoms with Gasteiger partial charge in [-0.2, -0.15) is 0 Å². The predicted octanol–water partition coefficient (Wildman–Crippen LogP) is 4.03. The van der Waals surface area contributed by atoms with Crippen molar-refractivity contribution in [2.24, 2.45) is 17.3 Å². The SMILES string of the molecule is CCNCC1(Cc2cc(OC)ccc2Br)CC2CC2C1. The molecule has 2 fully saturated rings. The number of hydrogen-bond donors (Lipinski definition) is 1. The van der Waals surface area contributed by atoms with Crippen LogP contribution in [-0.2, 0) is 6.42 Å². The first-order valence-corrected chi connectivity index (χ1v) is 8.48. The van der Waals surface area contributed by atoms with Crippen molar-refractivity contribution in [2.45, 2.75) is 32.6 Å². The minimum Gasteiger partial charge on any atom is -0.497 e. The topological polar surface area (TPSA) is 21.3 Å². The Hall–Kier alpha value is -0.540. The van der Waals surface area contributed by atoms with Crippen molar-refractivity contribution in [3.63, 3.8) is 0 Å². The third kappa shape index (κ3) is 2.89. The normalized spacial score (nSPS) is 31.1. The lowest BCUT2D eigenvalue weighted by Gasteiger charge is -2.32. The van der Waals surface area contributed by atoms with Gasteiger partial charge in [-0.05, 0) is 73.2 Å². The van der Waals surface area contributed by atoms with Crippen LogP contribution in [0.25, 0.3) is 0 Å². The Morgan fingerprint density at radius 1 is 1.35 bits per heavy atom. The van der Waals surface area contributed by atoms with E-state index >= 15 is 0 Å². The van der Waals surface area contributed by atoms with Gasteiger partial charge >= 0.3 is 0 Å². The van der Waals surface area contributed by atoms with E-state index in [9.17, 15) is 0 Å². The second kappa shape index (κ2) is 5.69. The molecule has 0 amide bonds. The maximum atomic E-state index is 5.38. The second-order valence-corrected chi connectivity index (χ2v) is 7.43. The van der Waals surface area contributed by atoms with Crippen molar-refractivity contribution in [1.29, 1.82) is 0 Å². The number of benzene rings is 1. The summed E-state index contributed by atoms with van der Waals surface area (Å²) in [5, 5.41) is 3.59. The summed E-state index contributed by atoms with van der Waals surface area (Å²) in [4.78, 5) is 0. The Bertz CT molecular complexity index is 478. The van der Waals surface area contributed by atoms with Crippen LogP contribution in [0.1, 0.15) is 31.7 Å². The first kappa shape index (κ1) is 14.4. The molecular weight excluding hydrogens is 314 g/mol.